The second-order valence-electron chi connectivity index (χ2n) is 5.31. The number of benzene rings is 1. The minimum atomic E-state index is -0.106. The molecule has 1 heterocycles. The normalized spacial score (nSPS) is 12.0. The highest BCUT2D eigenvalue weighted by Crippen LogP contribution is 2.24. The van der Waals surface area contributed by atoms with Crippen LogP contribution in [-0.2, 0) is 0 Å². The Hall–Kier alpha value is -2.01. The van der Waals surface area contributed by atoms with E-state index in [0.29, 0.717) is 11.3 Å². The number of hydrogen-bond acceptors (Lipinski definition) is 4. The molecule has 1 aromatic carbocycles. The van der Waals surface area contributed by atoms with Crippen LogP contribution in [0.2, 0.25) is 0 Å². The molecule has 0 saturated carbocycles. The van der Waals surface area contributed by atoms with Crippen LogP contribution in [0.1, 0.15) is 33.1 Å². The largest absolute Gasteiger partial charge is 0.397 e. The van der Waals surface area contributed by atoms with Crippen LogP contribution in [0.3, 0.4) is 0 Å². The van der Waals surface area contributed by atoms with Crippen molar-refractivity contribution in [2.45, 2.75) is 19.9 Å². The molecule has 0 spiro atoms. The molecule has 1 aromatic heterocycles. The van der Waals surface area contributed by atoms with Crippen LogP contribution in [0.25, 0.3) is 0 Å². The third kappa shape index (κ3) is 3.55. The number of thiophene rings is 1. The van der Waals surface area contributed by atoms with E-state index in [9.17, 15) is 4.79 Å². The van der Waals surface area contributed by atoms with Crippen LogP contribution in [0.15, 0.2) is 30.3 Å². The summed E-state index contributed by atoms with van der Waals surface area (Å²) in [6, 6.07) is 9.49. The minimum Gasteiger partial charge on any atom is -0.397 e. The minimum absolute atomic E-state index is 0.00838. The molecule has 112 valence electrons. The maximum absolute atomic E-state index is 12.3. The van der Waals surface area contributed by atoms with Crippen molar-refractivity contribution in [2.75, 3.05) is 24.7 Å². The lowest BCUT2D eigenvalue weighted by Crippen LogP contribution is -2.26. The monoisotopic (exact) mass is 303 g/mol. The maximum Gasteiger partial charge on any atom is 0.251 e. The van der Waals surface area contributed by atoms with E-state index in [4.69, 9.17) is 5.73 Å². The van der Waals surface area contributed by atoms with Crippen LogP contribution in [0.4, 0.5) is 11.4 Å². The number of amides is 1. The van der Waals surface area contributed by atoms with E-state index in [1.54, 1.807) is 23.5 Å². The van der Waals surface area contributed by atoms with Gasteiger partial charge in [-0.15, -0.1) is 11.3 Å². The molecule has 0 aliphatic rings. The molecular formula is C16H21N3OS. The molecule has 4 nitrogen and oxygen atoms in total. The first-order valence-corrected chi connectivity index (χ1v) is 7.64. The molecule has 1 atom stereocenters. The van der Waals surface area contributed by atoms with E-state index < -0.39 is 0 Å². The van der Waals surface area contributed by atoms with Gasteiger partial charge in [-0.05, 0) is 44.2 Å². The molecule has 0 aliphatic carbocycles. The summed E-state index contributed by atoms with van der Waals surface area (Å²) in [5, 5.41) is 3.00. The molecule has 2 aromatic rings. The number of nitrogens with zero attached hydrogens (tertiary/aromatic N) is 1. The number of carbonyl (C=O) groups excluding carboxylic acids is 1. The second kappa shape index (κ2) is 6.18. The summed E-state index contributed by atoms with van der Waals surface area (Å²) in [5.41, 5.74) is 8.08. The lowest BCUT2D eigenvalue weighted by atomic mass is 10.1. The third-order valence-corrected chi connectivity index (χ3v) is 4.49. The summed E-state index contributed by atoms with van der Waals surface area (Å²) < 4.78 is 0. The molecule has 0 fully saturated rings. The standard InChI is InChI=1S/C16H21N3OS/c1-10-5-8-15(21-10)11(2)18-16(20)12-6-7-14(19(3)4)13(17)9-12/h5-9,11H,17H2,1-4H3,(H,18,20). The zero-order chi connectivity index (χ0) is 15.6. The van der Waals surface area contributed by atoms with Gasteiger partial charge in [0.15, 0.2) is 0 Å². The molecule has 3 N–H and O–H groups in total. The lowest BCUT2D eigenvalue weighted by Gasteiger charge is -2.17. The van der Waals surface area contributed by atoms with E-state index in [2.05, 4.69) is 24.4 Å². The quantitative estimate of drug-likeness (QED) is 0.853. The number of rotatable bonds is 4. The van der Waals surface area contributed by atoms with Crippen LogP contribution in [-0.4, -0.2) is 20.0 Å². The first-order chi connectivity index (χ1) is 9.88. The Morgan fingerprint density at radius 2 is 2.00 bits per heavy atom. The van der Waals surface area contributed by atoms with Crippen molar-refractivity contribution in [1.29, 1.82) is 0 Å². The van der Waals surface area contributed by atoms with Crippen molar-refractivity contribution < 1.29 is 4.79 Å². The predicted molar refractivity (Wildman–Crippen MR) is 90.1 cm³/mol. The summed E-state index contributed by atoms with van der Waals surface area (Å²) in [7, 11) is 3.85. The molecule has 1 unspecified atom stereocenters. The number of hydrogen-bond donors (Lipinski definition) is 2. The van der Waals surface area contributed by atoms with Gasteiger partial charge in [0.2, 0.25) is 0 Å². The molecule has 21 heavy (non-hydrogen) atoms. The average molecular weight is 303 g/mol. The van der Waals surface area contributed by atoms with Crippen molar-refractivity contribution >= 4 is 28.6 Å². The van der Waals surface area contributed by atoms with E-state index in [-0.39, 0.29) is 11.9 Å². The van der Waals surface area contributed by atoms with E-state index >= 15 is 0 Å². The molecule has 0 bridgehead atoms. The van der Waals surface area contributed by atoms with Gasteiger partial charge in [-0.2, -0.15) is 0 Å². The number of anilines is 2. The van der Waals surface area contributed by atoms with Gasteiger partial charge in [-0.1, -0.05) is 0 Å². The number of nitrogen functional groups attached to an aromatic ring is 1. The number of carbonyl (C=O) groups is 1. The van der Waals surface area contributed by atoms with E-state index in [0.717, 1.165) is 10.6 Å². The Labute approximate surface area is 129 Å². The van der Waals surface area contributed by atoms with Crippen molar-refractivity contribution in [3.05, 3.63) is 45.6 Å². The van der Waals surface area contributed by atoms with Gasteiger partial charge >= 0.3 is 0 Å². The molecule has 0 radical (unpaired) electrons. The molecule has 0 aliphatic heterocycles. The number of aryl methyl sites for hydroxylation is 1. The predicted octanol–water partition coefficient (Wildman–Crippen LogP) is 3.20. The Bertz CT molecular complexity index is 649. The van der Waals surface area contributed by atoms with Crippen molar-refractivity contribution in [1.82, 2.24) is 5.32 Å². The Morgan fingerprint density at radius 1 is 1.29 bits per heavy atom. The molecular weight excluding hydrogens is 282 g/mol. The highest BCUT2D eigenvalue weighted by Gasteiger charge is 2.14. The highest BCUT2D eigenvalue weighted by molar-refractivity contribution is 7.12. The van der Waals surface area contributed by atoms with Crippen molar-refractivity contribution in [3.8, 4) is 0 Å². The van der Waals surface area contributed by atoms with Gasteiger partial charge in [0.25, 0.3) is 5.91 Å². The van der Waals surface area contributed by atoms with Crippen molar-refractivity contribution in [2.24, 2.45) is 0 Å². The molecule has 0 saturated heterocycles. The third-order valence-electron chi connectivity index (χ3n) is 3.31. The Morgan fingerprint density at radius 3 is 2.52 bits per heavy atom. The number of nitrogens with one attached hydrogen (secondary N) is 1. The first-order valence-electron chi connectivity index (χ1n) is 6.82. The Balaban J connectivity index is 2.11. The van der Waals surface area contributed by atoms with Crippen LogP contribution in [0, 0.1) is 6.92 Å². The summed E-state index contributed by atoms with van der Waals surface area (Å²) in [4.78, 5) is 16.6. The zero-order valence-electron chi connectivity index (χ0n) is 12.8. The molecule has 5 heteroatoms. The van der Waals surface area contributed by atoms with Gasteiger partial charge in [0, 0.05) is 29.4 Å². The zero-order valence-corrected chi connectivity index (χ0v) is 13.6. The van der Waals surface area contributed by atoms with Gasteiger partial charge < -0.3 is 16.0 Å². The van der Waals surface area contributed by atoms with Crippen LogP contribution < -0.4 is 16.0 Å². The van der Waals surface area contributed by atoms with Gasteiger partial charge in [0.1, 0.15) is 0 Å². The SMILES string of the molecule is Cc1ccc(C(C)NC(=O)c2ccc(N(C)C)c(N)c2)s1. The summed E-state index contributed by atoms with van der Waals surface area (Å²) >= 11 is 1.70. The van der Waals surface area contributed by atoms with E-state index in [1.807, 2.05) is 32.0 Å². The fourth-order valence-electron chi connectivity index (χ4n) is 2.14. The number of nitrogens with two attached hydrogens (primary N) is 1. The highest BCUT2D eigenvalue weighted by atomic mass is 32.1. The molecule has 2 rings (SSSR count). The van der Waals surface area contributed by atoms with Gasteiger partial charge in [-0.3, -0.25) is 4.79 Å². The summed E-state index contributed by atoms with van der Waals surface area (Å²) in [6.45, 7) is 4.05. The van der Waals surface area contributed by atoms with Gasteiger partial charge in [-0.25, -0.2) is 0 Å². The fourth-order valence-corrected chi connectivity index (χ4v) is 3.02. The van der Waals surface area contributed by atoms with Crippen LogP contribution in [0.5, 0.6) is 0 Å². The summed E-state index contributed by atoms with van der Waals surface area (Å²) in [5.74, 6) is -0.106. The average Bonchev–Trinajstić information content (AvgIpc) is 2.84. The second-order valence-corrected chi connectivity index (χ2v) is 6.63. The van der Waals surface area contributed by atoms with E-state index in [1.165, 1.54) is 4.88 Å². The topological polar surface area (TPSA) is 58.4 Å². The first kappa shape index (κ1) is 15.4. The van der Waals surface area contributed by atoms with Crippen molar-refractivity contribution in [3.63, 3.8) is 0 Å². The lowest BCUT2D eigenvalue weighted by molar-refractivity contribution is 0.0940. The maximum atomic E-state index is 12.3. The Kier molecular flexibility index (Phi) is 4.53. The molecule has 1 amide bonds. The summed E-state index contributed by atoms with van der Waals surface area (Å²) in [6.07, 6.45) is 0. The van der Waals surface area contributed by atoms with Gasteiger partial charge in [0.05, 0.1) is 17.4 Å². The van der Waals surface area contributed by atoms with Crippen LogP contribution >= 0.6 is 11.3 Å². The smallest absolute Gasteiger partial charge is 0.251 e. The fraction of sp³-hybridized carbons (Fsp3) is 0.312.